The van der Waals surface area contributed by atoms with Crippen LogP contribution in [0.25, 0.3) is 0 Å². The average Bonchev–Trinajstić information content (AvgIpc) is 2.88. The van der Waals surface area contributed by atoms with Gasteiger partial charge in [0.05, 0.1) is 17.8 Å². The van der Waals surface area contributed by atoms with Crippen molar-refractivity contribution in [1.82, 2.24) is 9.80 Å². The van der Waals surface area contributed by atoms with Crippen LogP contribution < -0.4 is 5.73 Å². The molecule has 0 bridgehead atoms. The lowest BCUT2D eigenvalue weighted by Gasteiger charge is -2.21. The molecule has 1 saturated heterocycles. The van der Waals surface area contributed by atoms with E-state index in [1.807, 2.05) is 4.90 Å². The highest BCUT2D eigenvalue weighted by Crippen LogP contribution is 2.23. The topological polar surface area (TPSA) is 66.6 Å². The van der Waals surface area contributed by atoms with Gasteiger partial charge >= 0.3 is 0 Å². The number of amides is 2. The lowest BCUT2D eigenvalue weighted by molar-refractivity contribution is 0.0563. The molecule has 0 radical (unpaired) electrons. The van der Waals surface area contributed by atoms with E-state index < -0.39 is 0 Å². The molecule has 0 aliphatic carbocycles. The number of carbonyl (C=O) groups excluding carboxylic acids is 2. The molecule has 1 fully saturated rings. The van der Waals surface area contributed by atoms with Gasteiger partial charge < -0.3 is 5.73 Å². The zero-order chi connectivity index (χ0) is 12.7. The molecular formula is C13H15N3O2. The van der Waals surface area contributed by atoms with E-state index in [4.69, 9.17) is 5.73 Å². The third-order valence-corrected chi connectivity index (χ3v) is 3.53. The Morgan fingerprint density at radius 1 is 1.17 bits per heavy atom. The van der Waals surface area contributed by atoms with E-state index in [-0.39, 0.29) is 17.9 Å². The second-order valence-corrected chi connectivity index (χ2v) is 4.85. The molecule has 18 heavy (non-hydrogen) atoms. The molecule has 5 nitrogen and oxygen atoms in total. The number of fused-ring (bicyclic) bond motifs is 1. The van der Waals surface area contributed by atoms with Crippen molar-refractivity contribution < 1.29 is 9.59 Å². The lowest BCUT2D eigenvalue weighted by Crippen LogP contribution is -2.41. The summed E-state index contributed by atoms with van der Waals surface area (Å²) in [5, 5.41) is 0. The number of nitrogens with zero attached hydrogens (tertiary/aromatic N) is 2. The number of nitrogens with two attached hydrogens (primary N) is 1. The summed E-state index contributed by atoms with van der Waals surface area (Å²) in [7, 11) is 0. The Hall–Kier alpha value is -1.72. The molecule has 0 saturated carbocycles. The van der Waals surface area contributed by atoms with Crippen molar-refractivity contribution in [2.45, 2.75) is 12.5 Å². The lowest BCUT2D eigenvalue weighted by atomic mass is 10.1. The predicted molar refractivity (Wildman–Crippen MR) is 66.0 cm³/mol. The maximum absolute atomic E-state index is 12.1. The Morgan fingerprint density at radius 2 is 1.78 bits per heavy atom. The first kappa shape index (κ1) is 11.4. The van der Waals surface area contributed by atoms with E-state index in [1.54, 1.807) is 24.3 Å². The molecule has 1 aromatic carbocycles. The van der Waals surface area contributed by atoms with Gasteiger partial charge in [0.2, 0.25) is 0 Å². The molecular weight excluding hydrogens is 230 g/mol. The average molecular weight is 245 g/mol. The first-order valence-corrected chi connectivity index (χ1v) is 6.10. The highest BCUT2D eigenvalue weighted by molar-refractivity contribution is 6.21. The fourth-order valence-corrected chi connectivity index (χ4v) is 2.56. The zero-order valence-electron chi connectivity index (χ0n) is 10.0. The van der Waals surface area contributed by atoms with Crippen molar-refractivity contribution in [2.24, 2.45) is 5.73 Å². The zero-order valence-corrected chi connectivity index (χ0v) is 10.0. The minimum atomic E-state index is -0.198. The molecule has 2 heterocycles. The normalized spacial score (nSPS) is 23.8. The number of hydrogen-bond acceptors (Lipinski definition) is 4. The van der Waals surface area contributed by atoms with Gasteiger partial charge in [-0.15, -0.1) is 0 Å². The van der Waals surface area contributed by atoms with Gasteiger partial charge in [0.1, 0.15) is 0 Å². The number of benzene rings is 1. The van der Waals surface area contributed by atoms with E-state index in [0.29, 0.717) is 17.8 Å². The van der Waals surface area contributed by atoms with Gasteiger partial charge in [-0.3, -0.25) is 19.4 Å². The largest absolute Gasteiger partial charge is 0.326 e. The van der Waals surface area contributed by atoms with Crippen molar-refractivity contribution in [3.8, 4) is 0 Å². The smallest absolute Gasteiger partial charge is 0.262 e. The van der Waals surface area contributed by atoms with Crippen LogP contribution in [0, 0.1) is 0 Å². The third kappa shape index (κ3) is 1.72. The first-order chi connectivity index (χ1) is 8.66. The SMILES string of the molecule is NC1CCN(CN2C(=O)c3ccccc3C2=O)C1. The number of likely N-dealkylation sites (tertiary alicyclic amines) is 1. The number of hydrogen-bond donors (Lipinski definition) is 1. The summed E-state index contributed by atoms with van der Waals surface area (Å²) in [6.45, 7) is 1.93. The standard InChI is InChI=1S/C13H15N3O2/c14-9-5-6-15(7-9)8-16-12(17)10-3-1-2-4-11(10)13(16)18/h1-4,9H,5-8,14H2. The summed E-state index contributed by atoms with van der Waals surface area (Å²) >= 11 is 0. The molecule has 94 valence electrons. The van der Waals surface area contributed by atoms with Crippen LogP contribution in [-0.4, -0.2) is 47.4 Å². The Labute approximate surface area is 105 Å². The molecule has 2 aliphatic heterocycles. The number of rotatable bonds is 2. The summed E-state index contributed by atoms with van der Waals surface area (Å²) in [6, 6.07) is 7.11. The molecule has 1 unspecified atom stereocenters. The van der Waals surface area contributed by atoms with Crippen LogP contribution in [-0.2, 0) is 0 Å². The van der Waals surface area contributed by atoms with Gasteiger partial charge in [0.15, 0.2) is 0 Å². The quantitative estimate of drug-likeness (QED) is 0.760. The second-order valence-electron chi connectivity index (χ2n) is 4.85. The summed E-state index contributed by atoms with van der Waals surface area (Å²) in [5.74, 6) is -0.396. The Kier molecular flexibility index (Phi) is 2.65. The van der Waals surface area contributed by atoms with Gasteiger partial charge in [-0.05, 0) is 18.6 Å². The van der Waals surface area contributed by atoms with Gasteiger partial charge in [0.25, 0.3) is 11.8 Å². The maximum Gasteiger partial charge on any atom is 0.262 e. The van der Waals surface area contributed by atoms with Crippen LogP contribution in [0.5, 0.6) is 0 Å². The van der Waals surface area contributed by atoms with Crippen LogP contribution in [0.15, 0.2) is 24.3 Å². The van der Waals surface area contributed by atoms with Crippen LogP contribution in [0.2, 0.25) is 0 Å². The molecule has 3 rings (SSSR count). The fraction of sp³-hybridized carbons (Fsp3) is 0.385. The minimum absolute atomic E-state index is 0.153. The second kappa shape index (κ2) is 4.19. The highest BCUT2D eigenvalue weighted by Gasteiger charge is 2.36. The van der Waals surface area contributed by atoms with E-state index in [9.17, 15) is 9.59 Å². The number of carbonyl (C=O) groups is 2. The minimum Gasteiger partial charge on any atom is -0.326 e. The third-order valence-electron chi connectivity index (χ3n) is 3.53. The molecule has 0 spiro atoms. The Morgan fingerprint density at radius 3 is 2.28 bits per heavy atom. The monoisotopic (exact) mass is 245 g/mol. The summed E-state index contributed by atoms with van der Waals surface area (Å²) < 4.78 is 0. The molecule has 1 atom stereocenters. The van der Waals surface area contributed by atoms with Crippen molar-refractivity contribution >= 4 is 11.8 Å². The van der Waals surface area contributed by atoms with Crippen molar-refractivity contribution in [3.05, 3.63) is 35.4 Å². The van der Waals surface area contributed by atoms with E-state index in [0.717, 1.165) is 19.5 Å². The summed E-state index contributed by atoms with van der Waals surface area (Å²) in [6.07, 6.45) is 0.920. The molecule has 2 aliphatic rings. The van der Waals surface area contributed by atoms with Crippen molar-refractivity contribution in [3.63, 3.8) is 0 Å². The molecule has 0 aromatic heterocycles. The van der Waals surface area contributed by atoms with E-state index >= 15 is 0 Å². The molecule has 5 heteroatoms. The molecule has 1 aromatic rings. The molecule has 2 N–H and O–H groups in total. The van der Waals surface area contributed by atoms with Crippen LogP contribution in [0.3, 0.4) is 0 Å². The predicted octanol–water partition coefficient (Wildman–Crippen LogP) is 0.273. The van der Waals surface area contributed by atoms with Gasteiger partial charge in [-0.2, -0.15) is 0 Å². The molecule has 2 amide bonds. The number of imide groups is 1. The van der Waals surface area contributed by atoms with Crippen molar-refractivity contribution in [2.75, 3.05) is 19.8 Å². The summed E-state index contributed by atoms with van der Waals surface area (Å²) in [5.41, 5.74) is 6.83. The van der Waals surface area contributed by atoms with Gasteiger partial charge in [-0.25, -0.2) is 0 Å². The van der Waals surface area contributed by atoms with E-state index in [2.05, 4.69) is 0 Å². The highest BCUT2D eigenvalue weighted by atomic mass is 16.2. The van der Waals surface area contributed by atoms with Gasteiger partial charge in [-0.1, -0.05) is 12.1 Å². The summed E-state index contributed by atoms with van der Waals surface area (Å²) in [4.78, 5) is 27.6. The first-order valence-electron chi connectivity index (χ1n) is 6.10. The van der Waals surface area contributed by atoms with Gasteiger partial charge in [0, 0.05) is 19.1 Å². The Balaban J connectivity index is 1.80. The van der Waals surface area contributed by atoms with Crippen LogP contribution in [0.4, 0.5) is 0 Å². The van der Waals surface area contributed by atoms with Crippen molar-refractivity contribution in [1.29, 1.82) is 0 Å². The van der Waals surface area contributed by atoms with E-state index in [1.165, 1.54) is 4.90 Å². The van der Waals surface area contributed by atoms with Crippen LogP contribution in [0.1, 0.15) is 27.1 Å². The Bertz CT molecular complexity index is 480. The fourth-order valence-electron chi connectivity index (χ4n) is 2.56. The van der Waals surface area contributed by atoms with Crippen LogP contribution >= 0.6 is 0 Å². The maximum atomic E-state index is 12.1.